The van der Waals surface area contributed by atoms with Crippen LogP contribution < -0.4 is 14.3 Å². The molecule has 39 heavy (non-hydrogen) atoms. The quantitative estimate of drug-likeness (QED) is 0.314. The zero-order chi connectivity index (χ0) is 27.9. The predicted octanol–water partition coefficient (Wildman–Crippen LogP) is 5.84. The van der Waals surface area contributed by atoms with E-state index < -0.39 is 28.1 Å². The lowest BCUT2D eigenvalue weighted by Crippen LogP contribution is -2.57. The van der Waals surface area contributed by atoms with Gasteiger partial charge >= 0.3 is 18.2 Å². The SMILES string of the molecule is C[C@@H]1CCC[N+]1(C(=O)O)c1nc(-c2ccc(F)c(Cl)c2)cc(N2CCN(c3ncccc3C(F)(F)F)CC2)n1. The standard InChI is InChI=1S/C26H25ClF4N6O2/c1-16-4-3-13-37(16,25(38)39)24-33-21(17-6-7-20(28)19(27)14-17)15-22(34-24)35-9-11-36(12-10-35)23-18(26(29,30)31)5-2-8-32-23/h2,5-8,14-16H,3-4,9-13H2,1H3/p+1/t16-,37?/m1/s1. The molecule has 1 N–H and O–H groups in total. The Morgan fingerprint density at radius 1 is 1.10 bits per heavy atom. The molecule has 0 radical (unpaired) electrons. The zero-order valence-corrected chi connectivity index (χ0v) is 21.8. The number of anilines is 2. The van der Waals surface area contributed by atoms with Crippen LogP contribution in [0.25, 0.3) is 11.3 Å². The van der Waals surface area contributed by atoms with E-state index in [2.05, 4.69) is 15.0 Å². The topological polar surface area (TPSA) is 82.5 Å². The van der Waals surface area contributed by atoms with Crippen LogP contribution in [0.15, 0.2) is 42.6 Å². The maximum atomic E-state index is 13.9. The van der Waals surface area contributed by atoms with Crippen LogP contribution in [0.3, 0.4) is 0 Å². The number of aromatic nitrogens is 3. The zero-order valence-electron chi connectivity index (χ0n) is 21.0. The molecule has 206 valence electrons. The number of amides is 1. The fourth-order valence-electron chi connectivity index (χ4n) is 5.33. The van der Waals surface area contributed by atoms with Crippen molar-refractivity contribution in [2.75, 3.05) is 42.5 Å². The van der Waals surface area contributed by atoms with Crippen molar-refractivity contribution in [2.24, 2.45) is 0 Å². The van der Waals surface area contributed by atoms with Gasteiger partial charge in [-0.25, -0.2) is 9.37 Å². The number of hydrogen-bond donors (Lipinski definition) is 1. The minimum absolute atomic E-state index is 0.102. The number of hydrogen-bond acceptors (Lipinski definition) is 6. The van der Waals surface area contributed by atoms with Gasteiger partial charge in [0.15, 0.2) is 0 Å². The van der Waals surface area contributed by atoms with Gasteiger partial charge in [-0.2, -0.15) is 32.4 Å². The number of halogens is 5. The maximum Gasteiger partial charge on any atom is 0.521 e. The Labute approximate surface area is 227 Å². The molecule has 0 spiro atoms. The number of piperazine rings is 1. The molecule has 3 aromatic rings. The highest BCUT2D eigenvalue weighted by Gasteiger charge is 2.51. The number of likely N-dealkylation sites (tertiary alicyclic amines) is 1. The van der Waals surface area contributed by atoms with E-state index in [4.69, 9.17) is 11.6 Å². The summed E-state index contributed by atoms with van der Waals surface area (Å²) in [5, 5.41) is 10.2. The Hall–Kier alpha value is -3.51. The Morgan fingerprint density at radius 2 is 1.82 bits per heavy atom. The fourth-order valence-corrected chi connectivity index (χ4v) is 5.51. The van der Waals surface area contributed by atoms with Crippen LogP contribution in [0.1, 0.15) is 25.3 Å². The highest BCUT2D eigenvalue weighted by Crippen LogP contribution is 2.38. The first-order chi connectivity index (χ1) is 18.5. The molecule has 0 aliphatic carbocycles. The first-order valence-electron chi connectivity index (χ1n) is 12.5. The van der Waals surface area contributed by atoms with Crippen molar-refractivity contribution < 1.29 is 27.5 Å². The number of rotatable bonds is 4. The predicted molar refractivity (Wildman–Crippen MR) is 139 cm³/mol. The molecule has 5 rings (SSSR count). The Balaban J connectivity index is 1.52. The van der Waals surface area contributed by atoms with E-state index in [0.717, 1.165) is 6.07 Å². The second-order valence-electron chi connectivity index (χ2n) is 9.75. The third-order valence-corrected chi connectivity index (χ3v) is 7.78. The Morgan fingerprint density at radius 3 is 2.44 bits per heavy atom. The van der Waals surface area contributed by atoms with E-state index >= 15 is 0 Å². The van der Waals surface area contributed by atoms with Crippen molar-refractivity contribution >= 4 is 35.3 Å². The van der Waals surface area contributed by atoms with E-state index in [1.165, 1.54) is 30.5 Å². The lowest BCUT2D eigenvalue weighted by atomic mass is 10.1. The van der Waals surface area contributed by atoms with E-state index in [9.17, 15) is 27.5 Å². The molecule has 2 fully saturated rings. The minimum Gasteiger partial charge on any atom is -0.435 e. The Bertz CT molecular complexity index is 1400. The molecule has 13 heteroatoms. The van der Waals surface area contributed by atoms with Crippen molar-refractivity contribution in [3.8, 4) is 11.3 Å². The molecule has 0 saturated carbocycles. The van der Waals surface area contributed by atoms with Crippen LogP contribution in [0.5, 0.6) is 0 Å². The molecule has 4 heterocycles. The average Bonchev–Trinajstić information content (AvgIpc) is 3.32. The maximum absolute atomic E-state index is 13.9. The largest absolute Gasteiger partial charge is 0.521 e. The van der Waals surface area contributed by atoms with Gasteiger partial charge in [-0.3, -0.25) is 0 Å². The number of benzene rings is 1. The number of carbonyl (C=O) groups is 1. The summed E-state index contributed by atoms with van der Waals surface area (Å²) < 4.78 is 54.1. The third kappa shape index (κ3) is 4.98. The normalized spacial score (nSPS) is 21.8. The van der Waals surface area contributed by atoms with Gasteiger partial charge in [0.05, 0.1) is 22.8 Å². The van der Waals surface area contributed by atoms with E-state index in [1.807, 2.05) is 11.8 Å². The van der Waals surface area contributed by atoms with Gasteiger partial charge in [0.2, 0.25) is 0 Å². The van der Waals surface area contributed by atoms with Crippen molar-refractivity contribution in [1.82, 2.24) is 19.4 Å². The number of quaternary nitrogens is 1. The summed E-state index contributed by atoms with van der Waals surface area (Å²) in [5.41, 5.74) is 0.0686. The van der Waals surface area contributed by atoms with Crippen molar-refractivity contribution in [1.29, 1.82) is 0 Å². The molecule has 1 amide bonds. The molecule has 1 unspecified atom stereocenters. The van der Waals surface area contributed by atoms with Crippen LogP contribution in [0.4, 0.5) is 39.9 Å². The van der Waals surface area contributed by atoms with Gasteiger partial charge in [0.1, 0.15) is 23.5 Å². The van der Waals surface area contributed by atoms with Crippen LogP contribution in [-0.4, -0.2) is 64.9 Å². The first-order valence-corrected chi connectivity index (χ1v) is 12.9. The van der Waals surface area contributed by atoms with Gasteiger partial charge < -0.3 is 14.9 Å². The van der Waals surface area contributed by atoms with Gasteiger partial charge in [-0.1, -0.05) is 11.6 Å². The summed E-state index contributed by atoms with van der Waals surface area (Å²) in [7, 11) is 0. The lowest BCUT2D eigenvalue weighted by molar-refractivity contribution is -0.137. The smallest absolute Gasteiger partial charge is 0.435 e. The van der Waals surface area contributed by atoms with Gasteiger partial charge in [0.25, 0.3) is 0 Å². The molecule has 2 saturated heterocycles. The number of alkyl halides is 3. The van der Waals surface area contributed by atoms with Crippen LogP contribution >= 0.6 is 11.6 Å². The summed E-state index contributed by atoms with van der Waals surface area (Å²) in [6.07, 6.45) is -2.90. The summed E-state index contributed by atoms with van der Waals surface area (Å²) in [6.45, 7) is 3.28. The second-order valence-corrected chi connectivity index (χ2v) is 10.2. The molecule has 8 nitrogen and oxygen atoms in total. The Kier molecular flexibility index (Phi) is 7.10. The third-order valence-electron chi connectivity index (χ3n) is 7.49. The second kappa shape index (κ2) is 10.2. The van der Waals surface area contributed by atoms with Crippen LogP contribution in [0.2, 0.25) is 5.02 Å². The summed E-state index contributed by atoms with van der Waals surface area (Å²) >= 11 is 6.02. The summed E-state index contributed by atoms with van der Waals surface area (Å²) in [5.74, 6) is -0.186. The number of pyridine rings is 1. The number of carboxylic acid groups (broad SMARTS) is 1. The molecular formula is C26H26ClF4N6O2+. The highest BCUT2D eigenvalue weighted by molar-refractivity contribution is 6.31. The van der Waals surface area contributed by atoms with Crippen LogP contribution in [-0.2, 0) is 6.18 Å². The molecular weight excluding hydrogens is 540 g/mol. The molecule has 0 bridgehead atoms. The van der Waals surface area contributed by atoms with Crippen molar-refractivity contribution in [3.05, 3.63) is 59.0 Å². The molecule has 2 aliphatic heterocycles. The van der Waals surface area contributed by atoms with Crippen molar-refractivity contribution in [2.45, 2.75) is 32.0 Å². The summed E-state index contributed by atoms with van der Waals surface area (Å²) in [6, 6.07) is 7.80. The molecule has 2 atom stereocenters. The van der Waals surface area contributed by atoms with E-state index in [0.29, 0.717) is 49.6 Å². The molecule has 2 aromatic heterocycles. The monoisotopic (exact) mass is 565 g/mol. The van der Waals surface area contributed by atoms with Gasteiger partial charge in [-0.15, -0.1) is 0 Å². The van der Waals surface area contributed by atoms with E-state index in [1.54, 1.807) is 11.0 Å². The number of nitrogens with zero attached hydrogens (tertiary/aromatic N) is 6. The van der Waals surface area contributed by atoms with E-state index in [-0.39, 0.29) is 35.9 Å². The molecule has 1 aromatic carbocycles. The van der Waals surface area contributed by atoms with Gasteiger partial charge in [-0.05, 0) is 37.3 Å². The van der Waals surface area contributed by atoms with Crippen LogP contribution in [0, 0.1) is 5.82 Å². The lowest BCUT2D eigenvalue weighted by Gasteiger charge is -2.37. The minimum atomic E-state index is -4.53. The van der Waals surface area contributed by atoms with Gasteiger partial charge in [0, 0.05) is 56.8 Å². The average molecular weight is 566 g/mol. The summed E-state index contributed by atoms with van der Waals surface area (Å²) in [4.78, 5) is 29.3. The van der Waals surface area contributed by atoms with Crippen molar-refractivity contribution in [3.63, 3.8) is 0 Å². The first kappa shape index (κ1) is 27.1. The fraction of sp³-hybridized carbons (Fsp3) is 0.385. The highest BCUT2D eigenvalue weighted by atomic mass is 35.5. The molecule has 2 aliphatic rings.